The number of carbonyl (C=O) groups excluding carboxylic acids is 6. The van der Waals surface area contributed by atoms with Crippen LogP contribution in [0, 0.1) is 52.0 Å². The van der Waals surface area contributed by atoms with Crippen molar-refractivity contribution in [3.8, 4) is 34.5 Å². The number of aromatic nitrogens is 13. The van der Waals surface area contributed by atoms with E-state index in [0.29, 0.717) is 68.4 Å². The molecular formula is C114H125BrKMgN15O11Si. The molecule has 0 bridgehead atoms. The second-order valence-corrected chi connectivity index (χ2v) is 40.5. The van der Waals surface area contributed by atoms with E-state index >= 15 is 0 Å². The standard InChI is InChI=1S/C21H18N6.C20H18N2O2.C20H18N2O.C14H14N2O2.C14H12N2O2.C6H16Si.C6H5.C5H7NO2.C4H8O.C4H9O.BrH.K.Mg/c1-15-7-8-18-20(9-15)27-19(11-21(25-18)26-14-22-13-24-26)17(12-23-27)10-16-5-3-2-4-6-16;1-13-7-8-15-10-16(23)11-19-17(12-21-22(19)18(15)9-13)20(24)14-5-3-2-4-6-14;1-14-7-8-16-11-18(23)12-20-17(10-15-5-3-2-4-6-15)13-21-22(20)19(16)9-14;2*1-9-2-3-10-5-12(18)6-14-11(8-17)7-15-16(14)13(10)4-9;1-4-7(5-2)6-3;1-2-4-6-5-3-1;1-2-8-5(7)3-4-6;1-2-4-5-3-1;1-4(2,3)5;;;/h2-9,12-14H,10-11H2,1H3;2-9,12,20,24H,10-11H2,1H3;2-9,13H,10-12H2,1H3;2-4,7,17H,5-6,8H2,1H3;2-4,7-8H,5-6H2,1H3;7H,4-6H2,1-3H3;1-5H;2-3H2,1H3;1-4H2;1-3H3;1H;;/q;;;;;;-1;;;-1;;+1;+2/p-1. The number of hydrogen-bond acceptors (Lipinski definition) is 20. The van der Waals surface area contributed by atoms with E-state index in [1.54, 1.807) is 66.5 Å². The number of ketones is 4. The predicted octanol–water partition coefficient (Wildman–Crippen LogP) is 11.7. The molecule has 0 spiro atoms. The van der Waals surface area contributed by atoms with E-state index in [9.17, 15) is 44.1 Å². The molecule has 2 N–H and O–H groups in total. The summed E-state index contributed by atoms with van der Waals surface area (Å²) < 4.78 is 20.4. The Labute approximate surface area is 914 Å². The molecule has 0 aliphatic carbocycles. The van der Waals surface area contributed by atoms with Gasteiger partial charge >= 0.3 is 80.4 Å². The van der Waals surface area contributed by atoms with Crippen molar-refractivity contribution in [3.05, 3.63) is 385 Å². The average Bonchev–Trinajstić information content (AvgIpc) is 1.60. The second-order valence-electron chi connectivity index (χ2n) is 36.3. The molecule has 144 heavy (non-hydrogen) atoms. The van der Waals surface area contributed by atoms with Gasteiger partial charge in [0.2, 0.25) is 0 Å². The van der Waals surface area contributed by atoms with E-state index in [1.165, 1.54) is 71.3 Å². The van der Waals surface area contributed by atoms with Gasteiger partial charge in [-0.3, -0.25) is 28.8 Å². The number of benzene rings is 9. The van der Waals surface area contributed by atoms with Gasteiger partial charge in [-0.1, -0.05) is 205 Å². The largest absolute Gasteiger partial charge is 2.00 e. The number of carbonyl (C=O) groups is 6. The zero-order chi connectivity index (χ0) is 100. The minimum absolute atomic E-state index is 0. The van der Waals surface area contributed by atoms with Crippen molar-refractivity contribution in [1.29, 1.82) is 5.26 Å². The number of aliphatic hydroxyl groups is 2. The van der Waals surface area contributed by atoms with Crippen LogP contribution in [0.25, 0.3) is 28.4 Å². The van der Waals surface area contributed by atoms with Crippen molar-refractivity contribution in [3.63, 3.8) is 0 Å². The van der Waals surface area contributed by atoms with Gasteiger partial charge in [0.25, 0.3) is 0 Å². The summed E-state index contributed by atoms with van der Waals surface area (Å²) >= 11 is 0. The number of ether oxygens (including phenoxy) is 2. The van der Waals surface area contributed by atoms with E-state index in [0.717, 1.165) is 151 Å². The topological polar surface area (TPSA) is 340 Å². The summed E-state index contributed by atoms with van der Waals surface area (Å²) in [6.07, 6.45) is 19.7. The predicted molar refractivity (Wildman–Crippen MR) is 554 cm³/mol. The zero-order valence-electron chi connectivity index (χ0n) is 84.7. The van der Waals surface area contributed by atoms with Gasteiger partial charge in [-0.2, -0.15) is 72.3 Å². The Morgan fingerprint density at radius 1 is 0.514 bits per heavy atom. The molecule has 1 fully saturated rings. The van der Waals surface area contributed by atoms with Crippen LogP contribution in [-0.2, 0) is 111 Å². The van der Waals surface area contributed by atoms with Crippen molar-refractivity contribution < 1.29 is 122 Å². The maximum Gasteiger partial charge on any atom is 2.00 e. The Morgan fingerprint density at radius 3 is 1.28 bits per heavy atom. The molecule has 0 radical (unpaired) electrons. The number of hydrogen-bond donors (Lipinski definition) is 2. The molecular weight excluding hydrogens is 1930 g/mol. The summed E-state index contributed by atoms with van der Waals surface area (Å²) in [4.78, 5) is 78.7. The molecule has 15 aromatic rings. The van der Waals surface area contributed by atoms with Gasteiger partial charge in [0.15, 0.2) is 6.29 Å². The van der Waals surface area contributed by atoms with Crippen molar-refractivity contribution >= 4 is 78.8 Å². The summed E-state index contributed by atoms with van der Waals surface area (Å²) in [5, 5.41) is 64.7. The Hall–Kier alpha value is -11.9. The van der Waals surface area contributed by atoms with Crippen LogP contribution >= 0.6 is 0 Å². The summed E-state index contributed by atoms with van der Waals surface area (Å²) in [5.41, 5.74) is 26.7. The summed E-state index contributed by atoms with van der Waals surface area (Å²) in [5.74, 6) is 1.06. The van der Waals surface area contributed by atoms with Crippen LogP contribution in [0.15, 0.2) is 261 Å². The summed E-state index contributed by atoms with van der Waals surface area (Å²) in [6, 6.07) is 79.4. The van der Waals surface area contributed by atoms with Crippen LogP contribution < -0.4 is 73.5 Å². The Kier molecular flexibility index (Phi) is 46.3. The molecule has 6 aromatic heterocycles. The van der Waals surface area contributed by atoms with E-state index in [2.05, 4.69) is 143 Å². The van der Waals surface area contributed by atoms with E-state index in [1.807, 2.05) is 193 Å². The van der Waals surface area contributed by atoms with E-state index in [4.69, 9.17) is 20.1 Å². The number of aryl methyl sites for hydroxylation is 5. The number of aldehydes is 1. The SMILES string of the molecule is C1CCOC1.CC(C)(C)[O-].CCOC(=O)CC#N.CC[SiH](CC)CC.Cc1ccc2c(c1)-n1ncc(C(O)c3ccccc3)c1CC(=O)C2.Cc1ccc2c(c1)-n1ncc(C=O)c1CC(=O)C2.Cc1ccc2c(c1)-n1ncc(CO)c1CC(=O)C2.Cc1ccc2c(c1)-n1ncc(Cc3ccccc3)c1CC(=O)C2.Cc1ccc2c(c1)-n1ncc(Cc3ccccc3)c1CC(n1cncn1)=N2.[Br-].[K+].[Mg+2].[c-]1ccccc1. The molecule has 1 unspecified atom stereocenters. The third-order valence-corrected chi connectivity index (χ3v) is 27.5. The maximum absolute atomic E-state index is 12.4. The first-order valence-electron chi connectivity index (χ1n) is 48.0. The molecule has 1 saturated heterocycles. The van der Waals surface area contributed by atoms with Crippen LogP contribution in [0.1, 0.15) is 202 Å². The van der Waals surface area contributed by atoms with Crippen LogP contribution in [0.5, 0.6) is 0 Å². The van der Waals surface area contributed by atoms with Gasteiger partial charge in [-0.05, 0) is 169 Å². The minimum atomic E-state index is -0.783. The first-order valence-corrected chi connectivity index (χ1v) is 50.5. The van der Waals surface area contributed by atoms with Gasteiger partial charge in [-0.25, -0.2) is 38.1 Å². The van der Waals surface area contributed by atoms with E-state index in [-0.39, 0.29) is 149 Å². The van der Waals surface area contributed by atoms with Crippen LogP contribution in [0.4, 0.5) is 5.69 Å². The number of aliphatic imine (C=N–C) groups is 1. The van der Waals surface area contributed by atoms with Crippen molar-refractivity contribution in [2.45, 2.75) is 209 Å². The van der Waals surface area contributed by atoms with Gasteiger partial charge in [0.05, 0.1) is 125 Å². The number of Topliss-reactive ketones (excluding diaryl/α,β-unsaturated/α-hetero) is 4. The first kappa shape index (κ1) is 116. The smallest absolute Gasteiger partial charge is 1.00 e. The third kappa shape index (κ3) is 33.1. The van der Waals surface area contributed by atoms with E-state index < -0.39 is 17.7 Å². The quantitative estimate of drug-likeness (QED) is 0.0468. The molecule has 0 amide bonds. The maximum atomic E-state index is 12.4. The Morgan fingerprint density at radius 2 is 0.896 bits per heavy atom. The van der Waals surface area contributed by atoms with Gasteiger partial charge in [0, 0.05) is 97.3 Å². The van der Waals surface area contributed by atoms with Crippen LogP contribution in [0.2, 0.25) is 18.1 Å². The number of esters is 1. The molecule has 21 rings (SSSR count). The summed E-state index contributed by atoms with van der Waals surface area (Å²) in [6.45, 7) is 26.0. The van der Waals surface area contributed by atoms with Crippen LogP contribution in [-0.4, -0.2) is 172 Å². The fourth-order valence-corrected chi connectivity index (χ4v) is 18.5. The number of halogens is 1. The Bertz CT molecular complexity index is 6760. The number of aliphatic hydroxyl groups excluding tert-OH is 2. The number of nitrogens with zero attached hydrogens (tertiary/aromatic N) is 15. The minimum Gasteiger partial charge on any atom is -1.00 e. The molecule has 26 nitrogen and oxygen atoms in total. The molecule has 1 atom stereocenters. The molecule has 0 saturated carbocycles. The molecule has 12 heterocycles. The number of fused-ring (bicyclic) bond motifs is 15. The fraction of sp³-hybridized carbons (Fsp3) is 0.307. The molecule has 9 aromatic carbocycles. The first-order chi connectivity index (χ1) is 68.1. The zero-order valence-corrected chi connectivity index (χ0v) is 92.0. The third-order valence-electron chi connectivity index (χ3n) is 24.0. The molecule has 6 aliphatic heterocycles. The van der Waals surface area contributed by atoms with Gasteiger partial charge in [0.1, 0.15) is 54.1 Å². The fourth-order valence-electron chi connectivity index (χ4n) is 16.8. The molecule has 736 valence electrons. The molecule has 30 heteroatoms. The number of rotatable bonds is 13. The van der Waals surface area contributed by atoms with Crippen molar-refractivity contribution in [2.75, 3.05) is 19.8 Å². The second kappa shape index (κ2) is 57.7. The molecule has 6 aliphatic rings. The monoisotopic (exact) mass is 2050 g/mol. The van der Waals surface area contributed by atoms with Gasteiger partial charge < -0.3 is 41.8 Å². The van der Waals surface area contributed by atoms with Crippen LogP contribution in [0.3, 0.4) is 0 Å². The van der Waals surface area contributed by atoms with Gasteiger partial charge in [-0.15, -0.1) is 5.60 Å². The normalized spacial score (nSPS) is 13.0. The van der Waals surface area contributed by atoms with Crippen molar-refractivity contribution in [1.82, 2.24) is 63.7 Å². The van der Waals surface area contributed by atoms with Crippen molar-refractivity contribution in [2.24, 2.45) is 4.99 Å². The average molecular weight is 2050 g/mol. The summed E-state index contributed by atoms with van der Waals surface area (Å²) in [7, 11) is -0.171. The Balaban J connectivity index is 0.000000186. The number of nitriles is 1.